The highest BCUT2D eigenvalue weighted by Gasteiger charge is 2.25. The van der Waals surface area contributed by atoms with Crippen LogP contribution in [0.4, 0.5) is 19.2 Å². The van der Waals surface area contributed by atoms with Crippen LogP contribution in [0.2, 0.25) is 0 Å². The van der Waals surface area contributed by atoms with Crippen LogP contribution in [0.1, 0.15) is 63.1 Å². The molecule has 3 aromatic rings. The van der Waals surface area contributed by atoms with Crippen LogP contribution >= 0.6 is 0 Å². The van der Waals surface area contributed by atoms with Crippen molar-refractivity contribution in [2.45, 2.75) is 77.9 Å². The molecule has 0 saturated heterocycles. The molecule has 16 nitrogen and oxygen atoms in total. The van der Waals surface area contributed by atoms with Gasteiger partial charge in [-0.3, -0.25) is 4.79 Å². The summed E-state index contributed by atoms with van der Waals surface area (Å²) in [5.41, 5.74) is 7.82. The maximum atomic E-state index is 13.4. The Morgan fingerprint density at radius 2 is 1.18 bits per heavy atom. The van der Waals surface area contributed by atoms with Gasteiger partial charge in [-0.25, -0.2) is 24.1 Å². The van der Waals surface area contributed by atoms with Crippen LogP contribution in [0, 0.1) is 0 Å². The van der Waals surface area contributed by atoms with Gasteiger partial charge in [0.15, 0.2) is 0 Å². The van der Waals surface area contributed by atoms with Gasteiger partial charge in [-0.15, -0.1) is 4.99 Å². The quantitative estimate of drug-likeness (QED) is 0.0426. The number of hydrogen-bond donors (Lipinski definition) is 5. The molecular formula is C41H55N7O9. The largest absolute Gasteiger partial charge is 0.445 e. The average Bonchev–Trinajstić information content (AvgIpc) is 3.19. The molecule has 0 saturated carbocycles. The van der Waals surface area contributed by atoms with Crippen molar-refractivity contribution in [2.75, 3.05) is 32.7 Å². The number of nitrogens with two attached hydrogens (primary N) is 1. The number of hydrogen-bond acceptors (Lipinski definition) is 10. The van der Waals surface area contributed by atoms with Crippen molar-refractivity contribution in [3.8, 4) is 0 Å². The lowest BCUT2D eigenvalue weighted by Crippen LogP contribution is -2.48. The normalized spacial score (nSPS) is 11.7. The van der Waals surface area contributed by atoms with Gasteiger partial charge in [0, 0.05) is 19.6 Å². The Kier molecular flexibility index (Phi) is 19.9. The summed E-state index contributed by atoms with van der Waals surface area (Å²) >= 11 is 0. The molecule has 6 N–H and O–H groups in total. The first-order valence-corrected chi connectivity index (χ1v) is 18.8. The van der Waals surface area contributed by atoms with E-state index in [1.807, 2.05) is 30.3 Å². The van der Waals surface area contributed by atoms with Crippen LogP contribution in [-0.4, -0.2) is 85.5 Å². The summed E-state index contributed by atoms with van der Waals surface area (Å²) in [4.78, 5) is 68.5. The van der Waals surface area contributed by atoms with Gasteiger partial charge >= 0.3 is 24.4 Å². The lowest BCUT2D eigenvalue weighted by atomic mass is 10.1. The van der Waals surface area contributed by atoms with E-state index in [1.165, 1.54) is 0 Å². The molecule has 308 valence electrons. The third kappa shape index (κ3) is 19.8. The minimum atomic E-state index is -1.05. The van der Waals surface area contributed by atoms with Crippen LogP contribution in [0.15, 0.2) is 96.0 Å². The fourth-order valence-electron chi connectivity index (χ4n) is 5.02. The zero-order valence-corrected chi connectivity index (χ0v) is 32.9. The molecule has 0 radical (unpaired) electrons. The fraction of sp³-hybridized carbons (Fsp3) is 0.415. The number of nitrogens with one attached hydrogen (secondary N) is 4. The Morgan fingerprint density at radius 1 is 0.667 bits per heavy atom. The molecule has 0 aromatic heterocycles. The second-order valence-electron chi connectivity index (χ2n) is 13.8. The highest BCUT2D eigenvalue weighted by molar-refractivity contribution is 5.98. The Labute approximate surface area is 333 Å². The molecule has 0 fully saturated rings. The molecule has 0 aliphatic heterocycles. The van der Waals surface area contributed by atoms with Gasteiger partial charge in [0.1, 0.15) is 31.5 Å². The van der Waals surface area contributed by atoms with Gasteiger partial charge < -0.3 is 45.9 Å². The molecule has 5 amide bonds. The monoisotopic (exact) mass is 789 g/mol. The lowest BCUT2D eigenvalue weighted by molar-refractivity contribution is -0.123. The summed E-state index contributed by atoms with van der Waals surface area (Å²) in [5, 5.41) is 11.4. The average molecular weight is 790 g/mol. The highest BCUT2D eigenvalue weighted by atomic mass is 16.6. The van der Waals surface area contributed by atoms with Gasteiger partial charge in [-0.05, 0) is 76.2 Å². The number of alkyl carbamates (subject to hydrolysis) is 2. The first-order chi connectivity index (χ1) is 27.4. The SMILES string of the molecule is CC(C)(C)OC(=O)NCCCNCCCNC(=O)[C@H](CCCN(C(=O)OCc1ccccc1)/C(N)=N/C(=O)OCc1ccccc1)NC(=O)OCc1ccccc1. The maximum absolute atomic E-state index is 13.4. The Bertz CT molecular complexity index is 1710. The molecule has 1 atom stereocenters. The number of amides is 5. The van der Waals surface area contributed by atoms with E-state index < -0.39 is 47.9 Å². The van der Waals surface area contributed by atoms with E-state index in [0.29, 0.717) is 39.0 Å². The predicted molar refractivity (Wildman–Crippen MR) is 214 cm³/mol. The Balaban J connectivity index is 1.58. The van der Waals surface area contributed by atoms with Gasteiger partial charge in [-0.1, -0.05) is 91.0 Å². The summed E-state index contributed by atoms with van der Waals surface area (Å²) in [6, 6.07) is 26.0. The highest BCUT2D eigenvalue weighted by Crippen LogP contribution is 2.09. The van der Waals surface area contributed by atoms with Crippen molar-refractivity contribution in [3.05, 3.63) is 108 Å². The minimum absolute atomic E-state index is 0.00558. The van der Waals surface area contributed by atoms with Gasteiger partial charge in [0.05, 0.1) is 0 Å². The van der Waals surface area contributed by atoms with E-state index in [-0.39, 0.29) is 39.2 Å². The van der Waals surface area contributed by atoms with Crippen molar-refractivity contribution >= 4 is 36.2 Å². The standard InChI is InChI=1S/C41H55N7O9/c1-41(2,3)57-37(50)45-26-15-24-43-23-14-25-44-35(49)34(46-38(51)54-28-31-16-7-4-8-17-31)22-13-27-48(40(53)56-30-33-20-11-6-12-21-33)36(42)47-39(52)55-29-32-18-9-5-10-19-32/h4-12,16-21,34,43H,13-15,22-30H2,1-3H3,(H,44,49)(H,45,50)(H,46,51)(H2,42,47,52)/t34-/m0/s1. The zero-order valence-electron chi connectivity index (χ0n) is 32.9. The molecular weight excluding hydrogens is 734 g/mol. The van der Waals surface area contributed by atoms with E-state index >= 15 is 0 Å². The molecule has 0 heterocycles. The number of benzene rings is 3. The summed E-state index contributed by atoms with van der Waals surface area (Å²) in [7, 11) is 0. The Hall–Kier alpha value is -6.16. The van der Waals surface area contributed by atoms with E-state index in [2.05, 4.69) is 26.3 Å². The minimum Gasteiger partial charge on any atom is -0.445 e. The van der Waals surface area contributed by atoms with E-state index in [4.69, 9.17) is 24.7 Å². The summed E-state index contributed by atoms with van der Waals surface area (Å²) in [6.45, 7) is 7.14. The van der Waals surface area contributed by atoms with E-state index in [9.17, 15) is 24.0 Å². The summed E-state index contributed by atoms with van der Waals surface area (Å²) in [5.74, 6) is -0.923. The Morgan fingerprint density at radius 3 is 1.72 bits per heavy atom. The number of guanidine groups is 1. The molecule has 57 heavy (non-hydrogen) atoms. The van der Waals surface area contributed by atoms with Gasteiger partial charge in [0.2, 0.25) is 11.9 Å². The third-order valence-corrected chi connectivity index (χ3v) is 7.84. The maximum Gasteiger partial charge on any atom is 0.437 e. The van der Waals surface area contributed by atoms with Crippen LogP contribution in [0.5, 0.6) is 0 Å². The number of carbonyl (C=O) groups excluding carboxylic acids is 5. The van der Waals surface area contributed by atoms with Crippen molar-refractivity contribution in [2.24, 2.45) is 10.7 Å². The summed E-state index contributed by atoms with van der Waals surface area (Å²) in [6.07, 6.45) is -1.70. The molecule has 0 aliphatic carbocycles. The van der Waals surface area contributed by atoms with E-state index in [1.54, 1.807) is 81.4 Å². The van der Waals surface area contributed by atoms with Crippen LogP contribution in [0.25, 0.3) is 0 Å². The molecule has 0 aliphatic rings. The molecule has 16 heteroatoms. The van der Waals surface area contributed by atoms with Gasteiger partial charge in [0.25, 0.3) is 0 Å². The second kappa shape index (κ2) is 25.1. The topological polar surface area (TPSA) is 212 Å². The molecule has 0 bridgehead atoms. The number of nitrogens with zero attached hydrogens (tertiary/aromatic N) is 2. The molecule has 3 aromatic carbocycles. The number of carbonyl (C=O) groups is 5. The third-order valence-electron chi connectivity index (χ3n) is 7.84. The van der Waals surface area contributed by atoms with Crippen molar-refractivity contribution in [3.63, 3.8) is 0 Å². The summed E-state index contributed by atoms with van der Waals surface area (Å²) < 4.78 is 21.3. The van der Waals surface area contributed by atoms with Crippen LogP contribution < -0.4 is 27.0 Å². The van der Waals surface area contributed by atoms with Gasteiger partial charge in [-0.2, -0.15) is 0 Å². The number of ether oxygens (including phenoxy) is 4. The van der Waals surface area contributed by atoms with Crippen molar-refractivity contribution < 1.29 is 42.9 Å². The molecule has 0 unspecified atom stereocenters. The first-order valence-electron chi connectivity index (χ1n) is 18.8. The van der Waals surface area contributed by atoms with Crippen molar-refractivity contribution in [1.29, 1.82) is 0 Å². The fourth-order valence-corrected chi connectivity index (χ4v) is 5.02. The first kappa shape index (κ1) is 45.2. The van der Waals surface area contributed by atoms with E-state index in [0.717, 1.165) is 21.6 Å². The smallest absolute Gasteiger partial charge is 0.437 e. The molecule has 0 spiro atoms. The second-order valence-corrected chi connectivity index (χ2v) is 13.8. The zero-order chi connectivity index (χ0) is 41.3. The van der Waals surface area contributed by atoms with Crippen LogP contribution in [-0.2, 0) is 43.6 Å². The predicted octanol–water partition coefficient (Wildman–Crippen LogP) is 5.36. The number of rotatable bonds is 20. The van der Waals surface area contributed by atoms with Crippen LogP contribution in [0.3, 0.4) is 0 Å². The number of aliphatic imine (C=N–C) groups is 1. The lowest BCUT2D eigenvalue weighted by Gasteiger charge is -2.23. The molecule has 3 rings (SSSR count). The van der Waals surface area contributed by atoms with Crippen molar-refractivity contribution in [1.82, 2.24) is 26.2 Å².